The van der Waals surface area contributed by atoms with Crippen LogP contribution in [0.1, 0.15) is 37.3 Å². The number of ether oxygens (including phenoxy) is 1. The molecule has 13 heteroatoms. The number of para-hydroxylation sites is 1. The van der Waals surface area contributed by atoms with Gasteiger partial charge in [0.1, 0.15) is 5.54 Å². The lowest BCUT2D eigenvalue weighted by molar-refractivity contribution is -0.385. The van der Waals surface area contributed by atoms with E-state index >= 15 is 0 Å². The number of carbonyl (C=O) groups excluding carboxylic acids is 2. The van der Waals surface area contributed by atoms with E-state index in [9.17, 15) is 29.6 Å². The van der Waals surface area contributed by atoms with Gasteiger partial charge in [0.2, 0.25) is 0 Å². The minimum Gasteiger partial charge on any atom is -0.432 e. The van der Waals surface area contributed by atoms with E-state index in [4.69, 9.17) is 4.74 Å². The predicted molar refractivity (Wildman–Crippen MR) is 188 cm³/mol. The number of aliphatic hydroxyl groups is 1. The average Bonchev–Trinajstić information content (AvgIpc) is 3.63. The maximum Gasteiger partial charge on any atom is 0.269 e. The number of non-ortho nitro benzene ring substituents is 1. The lowest BCUT2D eigenvalue weighted by Crippen LogP contribution is -2.55. The van der Waals surface area contributed by atoms with Crippen molar-refractivity contribution in [3.8, 4) is 0 Å². The van der Waals surface area contributed by atoms with Crippen LogP contribution in [0, 0.1) is 16.0 Å². The van der Waals surface area contributed by atoms with Gasteiger partial charge in [-0.3, -0.25) is 24.6 Å². The topological polar surface area (TPSA) is 149 Å². The quantitative estimate of drug-likeness (QED) is 0.180. The second-order valence-electron chi connectivity index (χ2n) is 14.3. The van der Waals surface area contributed by atoms with Crippen LogP contribution >= 0.6 is 0 Å². The van der Waals surface area contributed by atoms with Gasteiger partial charge in [-0.1, -0.05) is 37.3 Å². The molecule has 0 aromatic heterocycles. The van der Waals surface area contributed by atoms with E-state index in [1.807, 2.05) is 66.4 Å². The number of anilines is 3. The summed E-state index contributed by atoms with van der Waals surface area (Å²) in [4.78, 5) is 57.5. The molecule has 3 fully saturated rings. The van der Waals surface area contributed by atoms with Crippen LogP contribution in [0.4, 0.5) is 22.7 Å². The number of hydrogen-bond acceptors (Lipinski definition) is 9. The molecule has 12 nitrogen and oxygen atoms in total. The Labute approximate surface area is 286 Å². The number of fused-ring (bicyclic) bond motifs is 2. The van der Waals surface area contributed by atoms with Crippen molar-refractivity contribution in [3.63, 3.8) is 0 Å². The number of piperidine rings is 1. The number of nitrogens with one attached hydrogen (secondary N) is 1. The molecule has 258 valence electrons. The lowest BCUT2D eigenvalue weighted by Gasteiger charge is -2.39. The van der Waals surface area contributed by atoms with Crippen molar-refractivity contribution in [1.82, 2.24) is 5.32 Å². The molecule has 4 atom stereocenters. The van der Waals surface area contributed by atoms with Gasteiger partial charge in [0, 0.05) is 47.1 Å². The van der Waals surface area contributed by atoms with Gasteiger partial charge in [0.25, 0.3) is 17.5 Å². The Kier molecular flexibility index (Phi) is 8.39. The van der Waals surface area contributed by atoms with Gasteiger partial charge in [0.15, 0.2) is 13.9 Å². The van der Waals surface area contributed by atoms with Crippen LogP contribution in [0.2, 0.25) is 18.6 Å². The van der Waals surface area contributed by atoms with Crippen LogP contribution in [-0.4, -0.2) is 73.0 Å². The molecule has 3 saturated heterocycles. The standard InChI is InChI=1S/C36H43N5O7Si/c1-24-32(49(2,3)47)31(14-19-42)48-36(24)29-21-28(41(45)46)12-13-30(29)38(34(36)44)22-25-8-7-11-27(20-25)39-23-40(26-9-5-4-6-10-26)35(33(39)43)15-17-37-18-16-35/h4-13,20-21,24,31-32,37,42,47H,14-19,22-23H2,1-3H3/t24-,31+,32-,36+/m1/s1. The fourth-order valence-electron chi connectivity index (χ4n) is 8.91. The van der Waals surface area contributed by atoms with Crippen molar-refractivity contribution in [3.05, 3.63) is 94.0 Å². The highest BCUT2D eigenvalue weighted by atomic mass is 28.4. The normalized spacial score (nSPS) is 26.3. The smallest absolute Gasteiger partial charge is 0.269 e. The number of carbonyl (C=O) groups is 2. The van der Waals surface area contributed by atoms with E-state index in [1.54, 1.807) is 24.1 Å². The summed E-state index contributed by atoms with van der Waals surface area (Å²) in [5.41, 5.74) is 0.649. The molecule has 0 aliphatic carbocycles. The Morgan fingerprint density at radius 1 is 1.00 bits per heavy atom. The summed E-state index contributed by atoms with van der Waals surface area (Å²) in [5.74, 6) is -0.813. The van der Waals surface area contributed by atoms with Gasteiger partial charge in [0.05, 0.1) is 29.9 Å². The van der Waals surface area contributed by atoms with Crippen LogP contribution in [0.15, 0.2) is 72.8 Å². The number of benzene rings is 3. The SMILES string of the molecule is C[C@@H]1[C@@H]([Si](C)(C)O)[C@H](CCO)O[C@@]12C(=O)N(Cc1cccc(N3CN(c4ccccc4)C4(CCNCC4)C3=O)c1)c1ccc([N+](=O)[O-])cc12. The number of rotatable bonds is 8. The summed E-state index contributed by atoms with van der Waals surface area (Å²) in [6.07, 6.45) is 1.01. The van der Waals surface area contributed by atoms with Crippen LogP contribution in [0.5, 0.6) is 0 Å². The fraction of sp³-hybridized carbons (Fsp3) is 0.444. The number of hydrogen-bond donors (Lipinski definition) is 3. The van der Waals surface area contributed by atoms with Crippen LogP contribution in [-0.2, 0) is 26.5 Å². The number of aliphatic hydroxyl groups excluding tert-OH is 1. The van der Waals surface area contributed by atoms with Crippen LogP contribution < -0.4 is 20.0 Å². The maximum atomic E-state index is 14.7. The average molecular weight is 686 g/mol. The number of nitro groups is 1. The fourth-order valence-corrected chi connectivity index (χ4v) is 11.5. The summed E-state index contributed by atoms with van der Waals surface area (Å²) in [6, 6.07) is 22.0. The Balaban J connectivity index is 1.25. The third-order valence-corrected chi connectivity index (χ3v) is 13.6. The molecule has 3 aromatic carbocycles. The van der Waals surface area contributed by atoms with E-state index in [2.05, 4.69) is 10.2 Å². The van der Waals surface area contributed by atoms with E-state index in [0.717, 1.165) is 30.0 Å². The summed E-state index contributed by atoms with van der Waals surface area (Å²) >= 11 is 0. The number of amides is 2. The van der Waals surface area contributed by atoms with Crippen molar-refractivity contribution in [2.45, 2.75) is 68.6 Å². The minimum atomic E-state index is -2.93. The van der Waals surface area contributed by atoms with Crippen molar-refractivity contribution in [2.75, 3.05) is 41.1 Å². The van der Waals surface area contributed by atoms with Gasteiger partial charge >= 0.3 is 0 Å². The van der Waals surface area contributed by atoms with Gasteiger partial charge in [-0.25, -0.2) is 0 Å². The Morgan fingerprint density at radius 2 is 1.71 bits per heavy atom. The number of nitrogens with zero attached hydrogens (tertiary/aromatic N) is 4. The lowest BCUT2D eigenvalue weighted by atomic mass is 9.82. The van der Waals surface area contributed by atoms with Gasteiger partial charge < -0.3 is 29.8 Å². The van der Waals surface area contributed by atoms with E-state index in [-0.39, 0.29) is 37.1 Å². The highest BCUT2D eigenvalue weighted by molar-refractivity contribution is 6.71. The first-order valence-electron chi connectivity index (χ1n) is 17.0. The summed E-state index contributed by atoms with van der Waals surface area (Å²) in [5, 5.41) is 25.2. The van der Waals surface area contributed by atoms with E-state index < -0.39 is 41.9 Å². The zero-order valence-electron chi connectivity index (χ0n) is 28.0. The molecule has 49 heavy (non-hydrogen) atoms. The summed E-state index contributed by atoms with van der Waals surface area (Å²) < 4.78 is 6.62. The first-order valence-corrected chi connectivity index (χ1v) is 20.0. The zero-order chi connectivity index (χ0) is 34.7. The van der Waals surface area contributed by atoms with Gasteiger partial charge in [-0.2, -0.15) is 0 Å². The molecule has 4 aliphatic heterocycles. The molecule has 4 heterocycles. The molecule has 0 unspecified atom stereocenters. The molecular formula is C36H43N5O7Si. The largest absolute Gasteiger partial charge is 0.432 e. The van der Waals surface area contributed by atoms with Gasteiger partial charge in [-0.05, 0) is 81.3 Å². The zero-order valence-corrected chi connectivity index (χ0v) is 29.0. The van der Waals surface area contributed by atoms with E-state index in [1.165, 1.54) is 12.1 Å². The Hall–Kier alpha value is -4.14. The Bertz CT molecular complexity index is 1780. The van der Waals surface area contributed by atoms with Crippen molar-refractivity contribution < 1.29 is 29.2 Å². The summed E-state index contributed by atoms with van der Waals surface area (Å²) in [6.45, 7) is 7.30. The van der Waals surface area contributed by atoms with Crippen molar-refractivity contribution in [1.29, 1.82) is 0 Å². The summed E-state index contributed by atoms with van der Waals surface area (Å²) in [7, 11) is -2.93. The van der Waals surface area contributed by atoms with E-state index in [0.29, 0.717) is 30.8 Å². The molecular weight excluding hydrogens is 643 g/mol. The third kappa shape index (κ3) is 5.26. The molecule has 0 radical (unpaired) electrons. The molecule has 2 amide bonds. The third-order valence-electron chi connectivity index (χ3n) is 11.1. The molecule has 3 aromatic rings. The highest BCUT2D eigenvalue weighted by Gasteiger charge is 2.66. The monoisotopic (exact) mass is 685 g/mol. The second kappa shape index (κ2) is 12.3. The first-order chi connectivity index (χ1) is 23.4. The molecule has 4 aliphatic rings. The molecule has 2 spiro atoms. The minimum absolute atomic E-state index is 0.0498. The van der Waals surface area contributed by atoms with Crippen LogP contribution in [0.25, 0.3) is 0 Å². The van der Waals surface area contributed by atoms with Crippen LogP contribution in [0.3, 0.4) is 0 Å². The molecule has 0 saturated carbocycles. The maximum absolute atomic E-state index is 14.7. The predicted octanol–water partition coefficient (Wildman–Crippen LogP) is 4.25. The van der Waals surface area contributed by atoms with Crippen molar-refractivity contribution >= 4 is 42.9 Å². The van der Waals surface area contributed by atoms with Crippen molar-refractivity contribution in [2.24, 2.45) is 5.92 Å². The molecule has 7 rings (SSSR count). The first kappa shape index (κ1) is 33.4. The molecule has 3 N–H and O–H groups in total. The second-order valence-corrected chi connectivity index (χ2v) is 18.3. The van der Waals surface area contributed by atoms with Gasteiger partial charge in [-0.15, -0.1) is 0 Å². The Morgan fingerprint density at radius 3 is 2.39 bits per heavy atom. The molecule has 0 bridgehead atoms. The number of nitro benzene ring substituents is 1. The highest BCUT2D eigenvalue weighted by Crippen LogP contribution is 2.60.